The summed E-state index contributed by atoms with van der Waals surface area (Å²) < 4.78 is 0. The van der Waals surface area contributed by atoms with Gasteiger partial charge in [0.1, 0.15) is 5.82 Å². The minimum atomic E-state index is 0.773. The van der Waals surface area contributed by atoms with E-state index in [1.54, 1.807) is 6.20 Å². The third-order valence-electron chi connectivity index (χ3n) is 2.63. The van der Waals surface area contributed by atoms with Crippen molar-refractivity contribution in [2.45, 2.75) is 6.54 Å². The van der Waals surface area contributed by atoms with Crippen LogP contribution in [0, 0.1) is 0 Å². The molecule has 0 fully saturated rings. The van der Waals surface area contributed by atoms with Crippen LogP contribution >= 0.6 is 0 Å². The Bertz CT molecular complexity index is 508. The van der Waals surface area contributed by atoms with Gasteiger partial charge in [-0.05, 0) is 17.7 Å². The van der Waals surface area contributed by atoms with Gasteiger partial charge in [-0.1, -0.05) is 35.5 Å². The highest BCUT2D eigenvalue weighted by Crippen LogP contribution is 2.12. The highest BCUT2D eigenvalue weighted by atomic mass is 16.4. The lowest BCUT2D eigenvalue weighted by Crippen LogP contribution is -2.17. The second-order valence-electron chi connectivity index (χ2n) is 4.04. The summed E-state index contributed by atoms with van der Waals surface area (Å²) in [6.45, 7) is 0.807. The van der Waals surface area contributed by atoms with Gasteiger partial charge in [0.15, 0.2) is 0 Å². The van der Waals surface area contributed by atoms with E-state index in [0.29, 0.717) is 0 Å². The van der Waals surface area contributed by atoms with E-state index < -0.39 is 0 Å². The maximum atomic E-state index is 8.42. The van der Waals surface area contributed by atoms with E-state index in [0.717, 1.165) is 17.9 Å². The lowest BCUT2D eigenvalue weighted by Gasteiger charge is -2.18. The number of hydrogen-bond acceptors (Lipinski definition) is 4. The Labute approximate surface area is 106 Å². The van der Waals surface area contributed by atoms with E-state index in [9.17, 15) is 0 Å². The molecule has 1 N–H and O–H groups in total. The van der Waals surface area contributed by atoms with Crippen LogP contribution in [0.3, 0.4) is 0 Å². The van der Waals surface area contributed by atoms with Crippen LogP contribution in [0.1, 0.15) is 11.1 Å². The summed E-state index contributed by atoms with van der Waals surface area (Å²) in [4.78, 5) is 6.38. The van der Waals surface area contributed by atoms with Crippen molar-refractivity contribution >= 4 is 12.0 Å². The van der Waals surface area contributed by atoms with Gasteiger partial charge in [0, 0.05) is 25.4 Å². The zero-order valence-corrected chi connectivity index (χ0v) is 10.2. The predicted octanol–water partition coefficient (Wildman–Crippen LogP) is 2.53. The van der Waals surface area contributed by atoms with Gasteiger partial charge in [-0.25, -0.2) is 4.98 Å². The molecule has 0 amide bonds. The van der Waals surface area contributed by atoms with E-state index in [4.69, 9.17) is 5.21 Å². The first kappa shape index (κ1) is 12.1. The van der Waals surface area contributed by atoms with Crippen LogP contribution in [0.15, 0.2) is 53.8 Å². The molecule has 1 aromatic carbocycles. The summed E-state index contributed by atoms with van der Waals surface area (Å²) in [5.74, 6) is 0.883. The van der Waals surface area contributed by atoms with Crippen molar-refractivity contribution < 1.29 is 5.21 Å². The molecule has 0 radical (unpaired) electrons. The Morgan fingerprint density at radius 3 is 2.61 bits per heavy atom. The number of nitrogens with zero attached hydrogens (tertiary/aromatic N) is 3. The number of oxime groups is 1. The molecule has 18 heavy (non-hydrogen) atoms. The third kappa shape index (κ3) is 3.07. The molecular formula is C14H15N3O. The van der Waals surface area contributed by atoms with Gasteiger partial charge >= 0.3 is 0 Å². The van der Waals surface area contributed by atoms with Crippen LogP contribution in [0.25, 0.3) is 0 Å². The molecule has 1 aromatic heterocycles. The highest BCUT2D eigenvalue weighted by Gasteiger charge is 2.02. The van der Waals surface area contributed by atoms with Crippen molar-refractivity contribution in [3.63, 3.8) is 0 Å². The van der Waals surface area contributed by atoms with Gasteiger partial charge in [-0.15, -0.1) is 0 Å². The normalized spacial score (nSPS) is 10.7. The smallest absolute Gasteiger partial charge is 0.128 e. The van der Waals surface area contributed by atoms with Crippen LogP contribution in [0.5, 0.6) is 0 Å². The van der Waals surface area contributed by atoms with Gasteiger partial charge in [0.05, 0.1) is 6.21 Å². The van der Waals surface area contributed by atoms with E-state index in [-0.39, 0.29) is 0 Å². The molecule has 0 aliphatic carbocycles. The van der Waals surface area contributed by atoms with Crippen LogP contribution in [0.4, 0.5) is 5.82 Å². The molecule has 0 aliphatic rings. The summed E-state index contributed by atoms with van der Waals surface area (Å²) in [5, 5.41) is 11.4. The lowest BCUT2D eigenvalue weighted by atomic mass is 10.2. The topological polar surface area (TPSA) is 48.7 Å². The minimum Gasteiger partial charge on any atom is -0.411 e. The molecule has 0 aliphatic heterocycles. The van der Waals surface area contributed by atoms with Gasteiger partial charge in [0.25, 0.3) is 0 Å². The molecule has 0 saturated heterocycles. The Balaban J connectivity index is 2.07. The second-order valence-corrected chi connectivity index (χ2v) is 4.04. The number of pyridine rings is 1. The summed E-state index contributed by atoms with van der Waals surface area (Å²) in [6, 6.07) is 14.0. The number of anilines is 1. The first-order chi connectivity index (χ1) is 8.79. The number of benzene rings is 1. The second kappa shape index (κ2) is 5.82. The molecule has 92 valence electrons. The first-order valence-electron chi connectivity index (χ1n) is 5.68. The van der Waals surface area contributed by atoms with E-state index in [1.807, 2.05) is 37.4 Å². The number of aromatic nitrogens is 1. The molecule has 2 rings (SSSR count). The monoisotopic (exact) mass is 241 g/mol. The fourth-order valence-electron chi connectivity index (χ4n) is 1.70. The lowest BCUT2D eigenvalue weighted by molar-refractivity contribution is 0.322. The molecule has 0 unspecified atom stereocenters. The van der Waals surface area contributed by atoms with Crippen LogP contribution < -0.4 is 4.90 Å². The summed E-state index contributed by atoms with van der Waals surface area (Å²) >= 11 is 0. The summed E-state index contributed by atoms with van der Waals surface area (Å²) in [6.07, 6.45) is 3.03. The Hall–Kier alpha value is -2.36. The molecule has 0 spiro atoms. The molecule has 1 heterocycles. The Morgan fingerprint density at radius 2 is 2.00 bits per heavy atom. The number of rotatable bonds is 4. The molecule has 0 saturated carbocycles. The van der Waals surface area contributed by atoms with Crippen LogP contribution in [-0.4, -0.2) is 23.5 Å². The Kier molecular flexibility index (Phi) is 3.91. The maximum Gasteiger partial charge on any atom is 0.128 e. The minimum absolute atomic E-state index is 0.773. The van der Waals surface area contributed by atoms with E-state index >= 15 is 0 Å². The summed E-state index contributed by atoms with van der Waals surface area (Å²) in [7, 11) is 2.00. The zero-order chi connectivity index (χ0) is 12.8. The molecule has 2 aromatic rings. The van der Waals surface area contributed by atoms with Crippen molar-refractivity contribution in [1.29, 1.82) is 0 Å². The average molecular weight is 241 g/mol. The van der Waals surface area contributed by atoms with Gasteiger partial charge in [-0.2, -0.15) is 0 Å². The fraction of sp³-hybridized carbons (Fsp3) is 0.143. The number of hydrogen-bond donors (Lipinski definition) is 1. The van der Waals surface area contributed by atoms with E-state index in [2.05, 4.69) is 27.2 Å². The predicted molar refractivity (Wildman–Crippen MR) is 72.2 cm³/mol. The van der Waals surface area contributed by atoms with Crippen molar-refractivity contribution in [3.8, 4) is 0 Å². The van der Waals surface area contributed by atoms with Crippen LogP contribution in [0.2, 0.25) is 0 Å². The largest absolute Gasteiger partial charge is 0.411 e. The first-order valence-corrected chi connectivity index (χ1v) is 5.68. The summed E-state index contributed by atoms with van der Waals surface area (Å²) in [5.41, 5.74) is 2.01. The highest BCUT2D eigenvalue weighted by molar-refractivity contribution is 5.78. The zero-order valence-electron chi connectivity index (χ0n) is 10.2. The maximum absolute atomic E-state index is 8.42. The molecule has 4 nitrogen and oxygen atoms in total. The average Bonchev–Trinajstić information content (AvgIpc) is 2.41. The molecule has 4 heteroatoms. The molecule has 0 atom stereocenters. The van der Waals surface area contributed by atoms with Gasteiger partial charge in [-0.3, -0.25) is 0 Å². The fourth-order valence-corrected chi connectivity index (χ4v) is 1.70. The van der Waals surface area contributed by atoms with Crippen molar-refractivity contribution in [3.05, 3.63) is 59.8 Å². The van der Waals surface area contributed by atoms with Crippen molar-refractivity contribution in [1.82, 2.24) is 4.98 Å². The van der Waals surface area contributed by atoms with Crippen LogP contribution in [-0.2, 0) is 6.54 Å². The van der Waals surface area contributed by atoms with Gasteiger partial charge < -0.3 is 10.1 Å². The third-order valence-corrected chi connectivity index (χ3v) is 2.63. The quantitative estimate of drug-likeness (QED) is 0.508. The molecule has 0 bridgehead atoms. The Morgan fingerprint density at radius 1 is 1.22 bits per heavy atom. The van der Waals surface area contributed by atoms with E-state index in [1.165, 1.54) is 11.8 Å². The van der Waals surface area contributed by atoms with Crippen molar-refractivity contribution in [2.24, 2.45) is 5.16 Å². The standard InChI is InChI=1S/C14H15N3O/c1-17(11-12-5-3-2-4-6-12)14-8-7-13(9-15-14)10-16-18/h2-10,18H,11H2,1H3/b16-10-. The van der Waals surface area contributed by atoms with Gasteiger partial charge in [0.2, 0.25) is 0 Å². The SMILES string of the molecule is CN(Cc1ccccc1)c1ccc(/C=N\O)cn1. The van der Waals surface area contributed by atoms with Crippen molar-refractivity contribution in [2.75, 3.05) is 11.9 Å². The molecular weight excluding hydrogens is 226 g/mol.